The highest BCUT2D eigenvalue weighted by molar-refractivity contribution is 6.40. The number of halogens is 4. The van der Waals surface area contributed by atoms with E-state index in [1.54, 1.807) is 54.9 Å². The van der Waals surface area contributed by atoms with Crippen LogP contribution in [-0.2, 0) is 24.7 Å². The second kappa shape index (κ2) is 17.9. The number of carbonyl (C=O) groups excluding carboxylic acids is 4. The number of rotatable bonds is 14. The molecule has 298 valence electrons. The van der Waals surface area contributed by atoms with Gasteiger partial charge >= 0.3 is 30.0 Å². The average Bonchev–Trinajstić information content (AvgIpc) is 4.00. The lowest BCUT2D eigenvalue weighted by molar-refractivity contribution is -0.154. The molecule has 0 saturated heterocycles. The number of hydrogen-bond acceptors (Lipinski definition) is 12. The van der Waals surface area contributed by atoms with Gasteiger partial charge in [-0.3, -0.25) is 19.4 Å². The van der Waals surface area contributed by atoms with Crippen molar-refractivity contribution in [1.29, 1.82) is 0 Å². The van der Waals surface area contributed by atoms with Gasteiger partial charge in [-0.15, -0.1) is 0 Å². The zero-order valence-electron chi connectivity index (χ0n) is 30.5. The molecule has 0 spiro atoms. The predicted octanol–water partition coefficient (Wildman–Crippen LogP) is 6.27. The summed E-state index contributed by atoms with van der Waals surface area (Å²) < 4.78 is 48.5. The van der Waals surface area contributed by atoms with Crippen LogP contribution in [-0.4, -0.2) is 75.8 Å². The number of benzene rings is 3. The monoisotopic (exact) mass is 815 g/mol. The Bertz CT molecular complexity index is 2330. The van der Waals surface area contributed by atoms with E-state index in [9.17, 15) is 32.3 Å². The van der Waals surface area contributed by atoms with Crippen LogP contribution in [0.2, 0.25) is 5.02 Å². The molecule has 2 heterocycles. The third kappa shape index (κ3) is 11.1. The highest BCUT2D eigenvalue weighted by Gasteiger charge is 2.45. The lowest BCUT2D eigenvalue weighted by Crippen LogP contribution is -2.37. The minimum absolute atomic E-state index is 0.0397. The summed E-state index contributed by atoms with van der Waals surface area (Å²) in [5.74, 6) is -3.88. The molecule has 6 rings (SSSR count). The number of ether oxygens (including phenoxy) is 2. The summed E-state index contributed by atoms with van der Waals surface area (Å²) >= 11 is 6.03. The Morgan fingerprint density at radius 1 is 0.845 bits per heavy atom. The Kier molecular flexibility index (Phi) is 12.6. The number of methoxy groups -OCH3 is 1. The van der Waals surface area contributed by atoms with Gasteiger partial charge in [0, 0.05) is 47.3 Å². The fourth-order valence-corrected chi connectivity index (χ4v) is 5.62. The molecule has 3 aromatic carbocycles. The maximum atomic E-state index is 13.1. The Labute approximate surface area is 333 Å². The zero-order valence-corrected chi connectivity index (χ0v) is 31.2. The topological polar surface area (TPSA) is 199 Å². The number of carbonyl (C=O) groups is 4. The molecule has 0 atom stereocenters. The van der Waals surface area contributed by atoms with Crippen LogP contribution in [0, 0.1) is 0 Å². The maximum Gasteiger partial charge on any atom is 0.422 e. The Hall–Kier alpha value is -6.95. The van der Waals surface area contributed by atoms with Gasteiger partial charge in [-0.2, -0.15) is 28.1 Å². The van der Waals surface area contributed by atoms with Crippen molar-refractivity contribution in [3.05, 3.63) is 113 Å². The molecule has 1 aliphatic rings. The van der Waals surface area contributed by atoms with Gasteiger partial charge in [0.2, 0.25) is 11.9 Å². The number of anilines is 4. The largest absolute Gasteiger partial charge is 0.465 e. The van der Waals surface area contributed by atoms with Gasteiger partial charge in [0.25, 0.3) is 5.91 Å². The first-order valence-corrected chi connectivity index (χ1v) is 17.8. The van der Waals surface area contributed by atoms with E-state index in [4.69, 9.17) is 21.1 Å². The molecule has 1 fully saturated rings. The first kappa shape index (κ1) is 40.7. The first-order chi connectivity index (χ1) is 27.8. The third-order valence-corrected chi connectivity index (χ3v) is 8.76. The molecule has 3 amide bonds. The van der Waals surface area contributed by atoms with Crippen LogP contribution in [0.5, 0.6) is 6.01 Å². The molecule has 0 radical (unpaired) electrons. The molecule has 58 heavy (non-hydrogen) atoms. The van der Waals surface area contributed by atoms with Crippen LogP contribution in [0.4, 0.5) is 36.4 Å². The Morgan fingerprint density at radius 2 is 1.55 bits per heavy atom. The third-order valence-electron chi connectivity index (χ3n) is 8.51. The molecule has 15 nitrogen and oxygen atoms in total. The number of nitrogens with zero attached hydrogens (tertiary/aromatic N) is 5. The van der Waals surface area contributed by atoms with Gasteiger partial charge in [-0.05, 0) is 90.2 Å². The average molecular weight is 816 g/mol. The lowest BCUT2D eigenvalue weighted by Gasteiger charge is -2.19. The van der Waals surface area contributed by atoms with Crippen molar-refractivity contribution < 1.29 is 41.8 Å². The summed E-state index contributed by atoms with van der Waals surface area (Å²) in [5.41, 5.74) is 2.42. The van der Waals surface area contributed by atoms with Crippen LogP contribution < -0.4 is 26.0 Å². The van der Waals surface area contributed by atoms with Crippen LogP contribution >= 0.6 is 11.6 Å². The molecular formula is C39H33ClF3N9O6. The van der Waals surface area contributed by atoms with Crippen LogP contribution in [0.15, 0.2) is 102 Å². The standard InChI is InChI=1S/C39H33ClF3N9O6/c1-57-34(56)30(15-20-45-32(54)33(55)46-29-4-2-3-25(21-29)23-13-18-44-19-14-23)48-31(53)24-5-11-28(12-6-24)47-35-49-36(51-37(50-35)58-22-39(41,42)43)52-38(16-17-38)26-7-9-27(40)10-8-26/h2-14,18-19,21H,15-17,20,22H2,1H3,(H,45,54)(H,46,55)(H2,47,49,50,51,52). The molecule has 19 heteroatoms. The predicted molar refractivity (Wildman–Crippen MR) is 207 cm³/mol. The molecule has 2 aromatic heterocycles. The van der Waals surface area contributed by atoms with E-state index in [1.807, 2.05) is 18.2 Å². The number of aromatic nitrogens is 4. The van der Waals surface area contributed by atoms with E-state index in [1.165, 1.54) is 24.3 Å². The first-order valence-electron chi connectivity index (χ1n) is 17.5. The summed E-state index contributed by atoms with van der Waals surface area (Å²) in [5, 5.41) is 11.5. The summed E-state index contributed by atoms with van der Waals surface area (Å²) in [6.45, 7) is -1.86. The fraction of sp³-hybridized carbons (Fsp3) is 0.205. The van der Waals surface area contributed by atoms with E-state index in [0.717, 1.165) is 23.8 Å². The zero-order chi connectivity index (χ0) is 41.3. The quantitative estimate of drug-likeness (QED) is 0.0558. The second-order valence-corrected chi connectivity index (χ2v) is 13.2. The molecule has 0 bridgehead atoms. The van der Waals surface area contributed by atoms with E-state index in [0.29, 0.717) is 29.2 Å². The molecule has 0 aliphatic heterocycles. The smallest absolute Gasteiger partial charge is 0.422 e. The SMILES string of the molecule is COC(=O)C(CCNC(=O)C(=O)Nc1cccc(-c2ccncc2)c1)=NC(=O)c1ccc(Nc2nc(NC3(c4ccc(Cl)cc4)CC3)nc(OCC(F)(F)F)n2)cc1. The van der Waals surface area contributed by atoms with Gasteiger partial charge in [-0.25, -0.2) is 9.79 Å². The highest BCUT2D eigenvalue weighted by Crippen LogP contribution is 2.48. The summed E-state index contributed by atoms with van der Waals surface area (Å²) in [6.07, 6.45) is -0.228. The van der Waals surface area contributed by atoms with Crippen molar-refractivity contribution in [1.82, 2.24) is 25.3 Å². The summed E-state index contributed by atoms with van der Waals surface area (Å²) in [6, 6.07) is 22.7. The number of hydrogen-bond donors (Lipinski definition) is 4. The van der Waals surface area contributed by atoms with Crippen LogP contribution in [0.1, 0.15) is 35.2 Å². The van der Waals surface area contributed by atoms with E-state index in [2.05, 4.69) is 46.2 Å². The van der Waals surface area contributed by atoms with Gasteiger partial charge < -0.3 is 30.7 Å². The van der Waals surface area contributed by atoms with Gasteiger partial charge in [-0.1, -0.05) is 35.9 Å². The highest BCUT2D eigenvalue weighted by atomic mass is 35.5. The number of pyridine rings is 1. The second-order valence-electron chi connectivity index (χ2n) is 12.7. The van der Waals surface area contributed by atoms with Crippen molar-refractivity contribution >= 4 is 64.3 Å². The van der Waals surface area contributed by atoms with Crippen molar-refractivity contribution in [3.63, 3.8) is 0 Å². The van der Waals surface area contributed by atoms with E-state index >= 15 is 0 Å². The molecule has 1 saturated carbocycles. The lowest BCUT2D eigenvalue weighted by atomic mass is 10.1. The van der Waals surface area contributed by atoms with Crippen molar-refractivity contribution in [2.45, 2.75) is 31.0 Å². The Morgan fingerprint density at radius 3 is 2.22 bits per heavy atom. The Balaban J connectivity index is 1.08. The minimum atomic E-state index is -4.65. The summed E-state index contributed by atoms with van der Waals surface area (Å²) in [7, 11) is 1.10. The number of esters is 1. The number of aliphatic imine (C=N–C) groups is 1. The van der Waals surface area contributed by atoms with E-state index < -0.39 is 48.0 Å². The van der Waals surface area contributed by atoms with Crippen molar-refractivity contribution in [2.24, 2.45) is 4.99 Å². The molecule has 4 N–H and O–H groups in total. The molecule has 1 aliphatic carbocycles. The molecule has 0 unspecified atom stereocenters. The van der Waals surface area contributed by atoms with Gasteiger partial charge in [0.1, 0.15) is 5.71 Å². The van der Waals surface area contributed by atoms with Crippen LogP contribution in [0.3, 0.4) is 0 Å². The number of amides is 3. The fourth-order valence-electron chi connectivity index (χ4n) is 5.49. The number of alkyl halides is 3. The maximum absolute atomic E-state index is 13.1. The normalized spacial score (nSPS) is 13.2. The van der Waals surface area contributed by atoms with Gasteiger partial charge in [0.05, 0.1) is 12.6 Å². The van der Waals surface area contributed by atoms with Crippen molar-refractivity contribution in [3.8, 4) is 17.1 Å². The molecular weight excluding hydrogens is 783 g/mol. The van der Waals surface area contributed by atoms with Gasteiger partial charge in [0.15, 0.2) is 6.61 Å². The molecule has 5 aromatic rings. The summed E-state index contributed by atoms with van der Waals surface area (Å²) in [4.78, 5) is 70.8. The number of nitrogens with one attached hydrogen (secondary N) is 4. The van der Waals surface area contributed by atoms with E-state index in [-0.39, 0.29) is 36.1 Å². The van der Waals surface area contributed by atoms with Crippen molar-refractivity contribution in [2.75, 3.05) is 36.2 Å². The van der Waals surface area contributed by atoms with Crippen LogP contribution in [0.25, 0.3) is 11.1 Å². The minimum Gasteiger partial charge on any atom is -0.465 e.